The first-order valence-electron chi connectivity index (χ1n) is 12.0. The fourth-order valence-electron chi connectivity index (χ4n) is 5.09. The van der Waals surface area contributed by atoms with Crippen molar-refractivity contribution in [3.05, 3.63) is 60.7 Å². The molecule has 1 fully saturated rings. The molecule has 5 nitrogen and oxygen atoms in total. The Balaban J connectivity index is 2.02. The third-order valence-corrected chi connectivity index (χ3v) is 11.9. The Morgan fingerprint density at radius 3 is 2.00 bits per heavy atom. The van der Waals surface area contributed by atoms with Crippen molar-refractivity contribution >= 4 is 18.7 Å². The van der Waals surface area contributed by atoms with E-state index in [1.165, 1.54) is 10.4 Å². The van der Waals surface area contributed by atoms with E-state index in [2.05, 4.69) is 87.2 Å². The molecule has 6 heteroatoms. The molecule has 4 atom stereocenters. The summed E-state index contributed by atoms with van der Waals surface area (Å²) in [4.78, 5) is 2.15. The van der Waals surface area contributed by atoms with Crippen molar-refractivity contribution in [1.82, 2.24) is 4.90 Å². The third kappa shape index (κ3) is 5.23. The van der Waals surface area contributed by atoms with Gasteiger partial charge in [0, 0.05) is 6.54 Å². The van der Waals surface area contributed by atoms with E-state index >= 15 is 0 Å². The summed E-state index contributed by atoms with van der Waals surface area (Å²) in [6.07, 6.45) is -0.107. The second-order valence-corrected chi connectivity index (χ2v) is 14.4. The van der Waals surface area contributed by atoms with Gasteiger partial charge in [-0.1, -0.05) is 94.8 Å². The second-order valence-electron chi connectivity index (χ2n) is 10.1. The Hall–Kier alpha value is -2.01. The quantitative estimate of drug-likeness (QED) is 0.585. The lowest BCUT2D eigenvalue weighted by atomic mass is 9.88. The molecule has 1 aliphatic rings. The Bertz CT molecular complexity index is 871. The van der Waals surface area contributed by atoms with Gasteiger partial charge in [0.2, 0.25) is 0 Å². The maximum Gasteiger partial charge on any atom is 0.261 e. The SMILES string of the molecule is CCCCN1C[C@H](C#N)[C@@H](O)[C@H](O)[C@H]1CO[Si](c1ccccc1)(c1ccccc1)C(C)(C)C. The van der Waals surface area contributed by atoms with Gasteiger partial charge >= 0.3 is 0 Å². The average molecular weight is 467 g/mol. The number of likely N-dealkylation sites (tertiary alicyclic amines) is 1. The predicted molar refractivity (Wildman–Crippen MR) is 135 cm³/mol. The molecule has 33 heavy (non-hydrogen) atoms. The van der Waals surface area contributed by atoms with Crippen molar-refractivity contribution in [2.24, 2.45) is 5.92 Å². The topological polar surface area (TPSA) is 76.7 Å². The van der Waals surface area contributed by atoms with Crippen LogP contribution >= 0.6 is 0 Å². The first-order valence-corrected chi connectivity index (χ1v) is 13.9. The Morgan fingerprint density at radius 2 is 1.55 bits per heavy atom. The summed E-state index contributed by atoms with van der Waals surface area (Å²) in [7, 11) is -2.76. The predicted octanol–water partition coefficient (Wildman–Crippen LogP) is 2.91. The molecule has 0 aliphatic carbocycles. The van der Waals surface area contributed by atoms with Crippen LogP contribution in [0.1, 0.15) is 40.5 Å². The number of benzene rings is 2. The molecule has 1 heterocycles. The van der Waals surface area contributed by atoms with Gasteiger partial charge in [-0.3, -0.25) is 4.90 Å². The van der Waals surface area contributed by atoms with Gasteiger partial charge in [0.05, 0.1) is 36.8 Å². The van der Waals surface area contributed by atoms with Gasteiger partial charge in [0.15, 0.2) is 0 Å². The Labute approximate surface area is 199 Å². The van der Waals surface area contributed by atoms with Crippen LogP contribution in [0.15, 0.2) is 60.7 Å². The Morgan fingerprint density at radius 1 is 1.00 bits per heavy atom. The monoisotopic (exact) mass is 466 g/mol. The molecular weight excluding hydrogens is 428 g/mol. The van der Waals surface area contributed by atoms with Crippen molar-refractivity contribution in [3.63, 3.8) is 0 Å². The lowest BCUT2D eigenvalue weighted by Gasteiger charge is -2.47. The summed E-state index contributed by atoms with van der Waals surface area (Å²) in [5, 5.41) is 33.4. The van der Waals surface area contributed by atoms with Crippen LogP contribution in [0.25, 0.3) is 0 Å². The van der Waals surface area contributed by atoms with Crippen LogP contribution in [0.2, 0.25) is 5.04 Å². The van der Waals surface area contributed by atoms with Crippen LogP contribution in [-0.2, 0) is 4.43 Å². The summed E-state index contributed by atoms with van der Waals surface area (Å²) < 4.78 is 7.05. The molecule has 1 saturated heterocycles. The van der Waals surface area contributed by atoms with E-state index in [0.29, 0.717) is 13.2 Å². The fourth-order valence-corrected chi connectivity index (χ4v) is 9.67. The van der Waals surface area contributed by atoms with Gasteiger partial charge in [0.25, 0.3) is 8.32 Å². The van der Waals surface area contributed by atoms with E-state index in [-0.39, 0.29) is 11.1 Å². The van der Waals surface area contributed by atoms with E-state index in [9.17, 15) is 15.5 Å². The molecular formula is C27H38N2O3Si. The number of rotatable bonds is 8. The molecule has 2 aromatic carbocycles. The number of aliphatic hydroxyl groups is 2. The van der Waals surface area contributed by atoms with Crippen molar-refractivity contribution in [1.29, 1.82) is 5.26 Å². The highest BCUT2D eigenvalue weighted by Crippen LogP contribution is 2.37. The summed E-state index contributed by atoms with van der Waals surface area (Å²) in [5.41, 5.74) is 0. The van der Waals surface area contributed by atoms with Gasteiger partial charge in [-0.25, -0.2) is 0 Å². The minimum absolute atomic E-state index is 0.169. The summed E-state index contributed by atoms with van der Waals surface area (Å²) in [6, 6.07) is 22.7. The Kier molecular flexibility index (Phi) is 8.49. The normalized spacial score (nSPS) is 24.4. The number of hydrogen-bond donors (Lipinski definition) is 2. The van der Waals surface area contributed by atoms with Crippen LogP contribution in [0.4, 0.5) is 0 Å². The van der Waals surface area contributed by atoms with Crippen molar-refractivity contribution in [2.75, 3.05) is 19.7 Å². The van der Waals surface area contributed by atoms with Gasteiger partial charge in [0.1, 0.15) is 0 Å². The first-order chi connectivity index (χ1) is 15.8. The molecule has 3 rings (SSSR count). The van der Waals surface area contributed by atoms with Crippen LogP contribution in [0.3, 0.4) is 0 Å². The van der Waals surface area contributed by atoms with Crippen molar-refractivity contribution < 1.29 is 14.6 Å². The summed E-state index contributed by atoms with van der Waals surface area (Å²) in [5.74, 6) is -0.596. The molecule has 0 unspecified atom stereocenters. The standard InChI is InChI=1S/C27H38N2O3Si/c1-5-6-17-29-19-21(18-28)25(30)26(31)24(29)20-32-33(27(2,3)4,22-13-9-7-10-14-22)23-15-11-8-12-16-23/h7-16,21,24-26,30-31H,5-6,17,19-20H2,1-4H3/t21-,24+,25+,26+/m0/s1. The third-order valence-electron chi connectivity index (χ3n) is 6.91. The molecule has 0 bridgehead atoms. The van der Waals surface area contributed by atoms with Gasteiger partial charge in [-0.15, -0.1) is 0 Å². The van der Waals surface area contributed by atoms with Gasteiger partial charge in [-0.05, 0) is 28.4 Å². The first kappa shape index (κ1) is 25.6. The maximum absolute atomic E-state index is 11.0. The number of piperidine rings is 1. The molecule has 0 saturated carbocycles. The molecule has 2 aromatic rings. The molecule has 0 spiro atoms. The minimum Gasteiger partial charge on any atom is -0.406 e. The van der Waals surface area contributed by atoms with Crippen LogP contribution in [-0.4, -0.2) is 61.4 Å². The number of nitriles is 1. The van der Waals surface area contributed by atoms with Crippen LogP contribution in [0, 0.1) is 17.2 Å². The molecule has 2 N–H and O–H groups in total. The summed E-state index contributed by atoms with van der Waals surface area (Å²) >= 11 is 0. The van der Waals surface area contributed by atoms with Crippen LogP contribution in [0.5, 0.6) is 0 Å². The van der Waals surface area contributed by atoms with Crippen LogP contribution < -0.4 is 10.4 Å². The molecule has 0 amide bonds. The molecule has 0 radical (unpaired) electrons. The lowest BCUT2D eigenvalue weighted by Crippen LogP contribution is -2.69. The van der Waals surface area contributed by atoms with E-state index in [1.807, 2.05) is 12.1 Å². The van der Waals surface area contributed by atoms with Gasteiger partial charge in [-0.2, -0.15) is 5.26 Å². The highest BCUT2D eigenvalue weighted by Gasteiger charge is 2.51. The largest absolute Gasteiger partial charge is 0.406 e. The number of nitrogens with zero attached hydrogens (tertiary/aromatic N) is 2. The number of unbranched alkanes of at least 4 members (excludes halogenated alkanes) is 1. The zero-order valence-corrected chi connectivity index (χ0v) is 21.3. The average Bonchev–Trinajstić information content (AvgIpc) is 2.81. The zero-order valence-electron chi connectivity index (χ0n) is 20.3. The number of hydrogen-bond acceptors (Lipinski definition) is 5. The highest BCUT2D eigenvalue weighted by atomic mass is 28.4. The summed E-state index contributed by atoms with van der Waals surface area (Å²) in [6.45, 7) is 10.3. The van der Waals surface area contributed by atoms with Gasteiger partial charge < -0.3 is 14.6 Å². The second kappa shape index (κ2) is 10.9. The van der Waals surface area contributed by atoms with Crippen molar-refractivity contribution in [3.8, 4) is 6.07 Å². The number of aliphatic hydroxyl groups excluding tert-OH is 2. The molecule has 178 valence electrons. The molecule has 0 aromatic heterocycles. The highest BCUT2D eigenvalue weighted by molar-refractivity contribution is 6.99. The van der Waals surface area contributed by atoms with E-state index < -0.39 is 26.4 Å². The van der Waals surface area contributed by atoms with E-state index in [0.717, 1.165) is 19.4 Å². The lowest BCUT2D eigenvalue weighted by molar-refractivity contribution is -0.105. The van der Waals surface area contributed by atoms with E-state index in [4.69, 9.17) is 4.43 Å². The zero-order chi connectivity index (χ0) is 24.1. The van der Waals surface area contributed by atoms with E-state index in [1.54, 1.807) is 0 Å². The van der Waals surface area contributed by atoms with Crippen molar-refractivity contribution in [2.45, 2.75) is 63.8 Å². The molecule has 1 aliphatic heterocycles. The maximum atomic E-state index is 11.0. The fraction of sp³-hybridized carbons (Fsp3) is 0.519. The smallest absolute Gasteiger partial charge is 0.261 e. The minimum atomic E-state index is -2.76.